The summed E-state index contributed by atoms with van der Waals surface area (Å²) in [5, 5.41) is 15.3. The molecule has 4 heteroatoms. The molecule has 3 rings (SSSR count). The highest BCUT2D eigenvalue weighted by atomic mass is 35.5. The van der Waals surface area contributed by atoms with Crippen molar-refractivity contribution in [2.24, 2.45) is 0 Å². The maximum absolute atomic E-state index is 11.3. The number of hydrogen-bond acceptors (Lipinski definition) is 3. The highest BCUT2D eigenvalue weighted by molar-refractivity contribution is 6.32. The van der Waals surface area contributed by atoms with Gasteiger partial charge in [-0.25, -0.2) is 0 Å². The van der Waals surface area contributed by atoms with Crippen LogP contribution in [0.3, 0.4) is 0 Å². The van der Waals surface area contributed by atoms with E-state index in [2.05, 4.69) is 17.4 Å². The molecule has 0 amide bonds. The van der Waals surface area contributed by atoms with Gasteiger partial charge in [0.15, 0.2) is 0 Å². The molecule has 0 aliphatic rings. The van der Waals surface area contributed by atoms with Crippen molar-refractivity contribution < 1.29 is 9.84 Å². The molecule has 2 N–H and O–H groups in total. The van der Waals surface area contributed by atoms with Crippen LogP contribution in [0.2, 0.25) is 5.02 Å². The van der Waals surface area contributed by atoms with Crippen molar-refractivity contribution in [3.05, 3.63) is 101 Å². The minimum absolute atomic E-state index is 0.133. The van der Waals surface area contributed by atoms with Crippen molar-refractivity contribution in [1.29, 1.82) is 0 Å². The lowest BCUT2D eigenvalue weighted by Gasteiger charge is -2.29. The van der Waals surface area contributed by atoms with E-state index in [4.69, 9.17) is 16.3 Å². The molecule has 0 aromatic heterocycles. The number of halogens is 1. The second-order valence-electron chi connectivity index (χ2n) is 6.53. The molecule has 0 bridgehead atoms. The van der Waals surface area contributed by atoms with Gasteiger partial charge in [0.25, 0.3) is 0 Å². The topological polar surface area (TPSA) is 41.5 Å². The van der Waals surface area contributed by atoms with E-state index in [1.54, 1.807) is 12.1 Å². The highest BCUT2D eigenvalue weighted by Crippen LogP contribution is 2.29. The van der Waals surface area contributed by atoms with E-state index in [1.807, 2.05) is 60.7 Å². The fourth-order valence-electron chi connectivity index (χ4n) is 2.93. The van der Waals surface area contributed by atoms with Gasteiger partial charge in [-0.1, -0.05) is 84.4 Å². The first-order valence-electron chi connectivity index (χ1n) is 9.07. The average molecular weight is 382 g/mol. The zero-order chi connectivity index (χ0) is 19.0. The van der Waals surface area contributed by atoms with E-state index in [9.17, 15) is 5.11 Å². The van der Waals surface area contributed by atoms with Crippen LogP contribution in [0.1, 0.15) is 17.5 Å². The maximum Gasteiger partial charge on any atom is 0.138 e. The molecule has 0 saturated heterocycles. The summed E-state index contributed by atoms with van der Waals surface area (Å²) in [7, 11) is 0. The van der Waals surface area contributed by atoms with Gasteiger partial charge in [0, 0.05) is 6.54 Å². The van der Waals surface area contributed by atoms with Crippen molar-refractivity contribution >= 4 is 11.6 Å². The molecule has 1 atom stereocenters. The predicted molar refractivity (Wildman–Crippen MR) is 110 cm³/mol. The van der Waals surface area contributed by atoms with E-state index in [-0.39, 0.29) is 6.61 Å². The fourth-order valence-corrected chi connectivity index (χ4v) is 3.12. The summed E-state index contributed by atoms with van der Waals surface area (Å²) in [5.74, 6) is 0.575. The van der Waals surface area contributed by atoms with Crippen molar-refractivity contribution in [2.75, 3.05) is 13.2 Å². The van der Waals surface area contributed by atoms with Crippen LogP contribution in [0.5, 0.6) is 5.75 Å². The lowest BCUT2D eigenvalue weighted by Crippen LogP contribution is -2.36. The first kappa shape index (κ1) is 19.4. The van der Waals surface area contributed by atoms with Crippen LogP contribution in [0, 0.1) is 0 Å². The van der Waals surface area contributed by atoms with E-state index in [0.717, 1.165) is 12.1 Å². The summed E-state index contributed by atoms with van der Waals surface area (Å²) in [5.41, 5.74) is 0.941. The van der Waals surface area contributed by atoms with Crippen molar-refractivity contribution in [3.63, 3.8) is 0 Å². The van der Waals surface area contributed by atoms with Gasteiger partial charge >= 0.3 is 0 Å². The third-order valence-electron chi connectivity index (χ3n) is 4.50. The second-order valence-corrected chi connectivity index (χ2v) is 6.94. The Morgan fingerprint density at radius 2 is 1.48 bits per heavy atom. The minimum Gasteiger partial charge on any atom is -0.489 e. The number of ether oxygens (including phenoxy) is 1. The van der Waals surface area contributed by atoms with Gasteiger partial charge in [0.2, 0.25) is 0 Å². The normalized spacial score (nSPS) is 13.1. The summed E-state index contributed by atoms with van der Waals surface area (Å²) in [6.45, 7) is 1.55. The Labute approximate surface area is 165 Å². The van der Waals surface area contributed by atoms with Crippen LogP contribution in [-0.4, -0.2) is 18.3 Å². The third-order valence-corrected chi connectivity index (χ3v) is 4.81. The number of rotatable bonds is 9. The maximum atomic E-state index is 11.3. The minimum atomic E-state index is -1.11. The van der Waals surface area contributed by atoms with E-state index in [1.165, 1.54) is 5.56 Å². The van der Waals surface area contributed by atoms with Crippen molar-refractivity contribution in [2.45, 2.75) is 18.6 Å². The molecule has 3 aromatic carbocycles. The Kier molecular flexibility index (Phi) is 6.88. The number of benzene rings is 3. The molecule has 140 valence electrons. The Morgan fingerprint density at radius 1 is 0.852 bits per heavy atom. The summed E-state index contributed by atoms with van der Waals surface area (Å²) in [6, 6.07) is 27.1. The molecule has 1 unspecified atom stereocenters. The summed E-state index contributed by atoms with van der Waals surface area (Å²) < 4.78 is 5.86. The number of para-hydroxylation sites is 1. The zero-order valence-corrected chi connectivity index (χ0v) is 15.9. The zero-order valence-electron chi connectivity index (χ0n) is 15.1. The van der Waals surface area contributed by atoms with Gasteiger partial charge in [-0.2, -0.15) is 0 Å². The molecule has 3 aromatic rings. The SMILES string of the molecule is OC(CCNCc1ccccc1)(COc1ccccc1Cl)c1ccccc1. The molecule has 3 nitrogen and oxygen atoms in total. The Morgan fingerprint density at radius 3 is 2.19 bits per heavy atom. The molecule has 0 aliphatic heterocycles. The average Bonchev–Trinajstić information content (AvgIpc) is 2.72. The summed E-state index contributed by atoms with van der Waals surface area (Å²) in [4.78, 5) is 0. The first-order chi connectivity index (χ1) is 13.2. The standard InChI is InChI=1S/C23H24ClNO2/c24-21-13-7-8-14-22(21)27-18-23(26,20-11-5-2-6-12-20)15-16-25-17-19-9-3-1-4-10-19/h1-14,25-26H,15-18H2. The van der Waals surface area contributed by atoms with Crippen molar-refractivity contribution in [1.82, 2.24) is 5.32 Å². The molecule has 0 aliphatic carbocycles. The van der Waals surface area contributed by atoms with Gasteiger partial charge in [0.1, 0.15) is 18.0 Å². The van der Waals surface area contributed by atoms with E-state index in [0.29, 0.717) is 23.7 Å². The summed E-state index contributed by atoms with van der Waals surface area (Å²) in [6.07, 6.45) is 0.522. The van der Waals surface area contributed by atoms with Crippen LogP contribution in [0.15, 0.2) is 84.9 Å². The molecule has 0 heterocycles. The largest absolute Gasteiger partial charge is 0.489 e. The van der Waals surface area contributed by atoms with Crippen LogP contribution in [-0.2, 0) is 12.1 Å². The van der Waals surface area contributed by atoms with Gasteiger partial charge in [-0.3, -0.25) is 0 Å². The highest BCUT2D eigenvalue weighted by Gasteiger charge is 2.30. The van der Waals surface area contributed by atoms with Crippen LogP contribution in [0.4, 0.5) is 0 Å². The Bertz CT molecular complexity index is 826. The van der Waals surface area contributed by atoms with E-state index < -0.39 is 5.60 Å². The monoisotopic (exact) mass is 381 g/mol. The summed E-state index contributed by atoms with van der Waals surface area (Å²) >= 11 is 6.17. The molecule has 0 radical (unpaired) electrons. The lowest BCUT2D eigenvalue weighted by molar-refractivity contribution is -0.0166. The molecule has 0 saturated carbocycles. The fraction of sp³-hybridized carbons (Fsp3) is 0.217. The van der Waals surface area contributed by atoms with Gasteiger partial charge in [-0.05, 0) is 36.2 Å². The molecular weight excluding hydrogens is 358 g/mol. The van der Waals surface area contributed by atoms with Crippen molar-refractivity contribution in [3.8, 4) is 5.75 Å². The van der Waals surface area contributed by atoms with Gasteiger partial charge in [-0.15, -0.1) is 0 Å². The first-order valence-corrected chi connectivity index (χ1v) is 9.45. The Balaban J connectivity index is 1.64. The van der Waals surface area contributed by atoms with Gasteiger partial charge < -0.3 is 15.2 Å². The number of nitrogens with one attached hydrogen (secondary N) is 1. The number of hydrogen-bond donors (Lipinski definition) is 2. The lowest BCUT2D eigenvalue weighted by atomic mass is 9.91. The predicted octanol–water partition coefficient (Wildman–Crippen LogP) is 4.79. The molecular formula is C23H24ClNO2. The molecule has 27 heavy (non-hydrogen) atoms. The van der Waals surface area contributed by atoms with Crippen LogP contribution in [0.25, 0.3) is 0 Å². The smallest absolute Gasteiger partial charge is 0.138 e. The quantitative estimate of drug-likeness (QED) is 0.524. The third kappa shape index (κ3) is 5.57. The van der Waals surface area contributed by atoms with Crippen LogP contribution >= 0.6 is 11.6 Å². The second kappa shape index (κ2) is 9.56. The van der Waals surface area contributed by atoms with Gasteiger partial charge in [0.05, 0.1) is 5.02 Å². The molecule has 0 spiro atoms. The van der Waals surface area contributed by atoms with E-state index >= 15 is 0 Å². The Hall–Kier alpha value is -2.33. The van der Waals surface area contributed by atoms with Crippen LogP contribution < -0.4 is 10.1 Å². The molecule has 0 fully saturated rings. The number of aliphatic hydroxyl groups is 1.